The molecule has 0 unspecified atom stereocenters. The normalized spacial score (nSPS) is 16.0. The summed E-state index contributed by atoms with van der Waals surface area (Å²) in [5.41, 5.74) is 3.22. The maximum absolute atomic E-state index is 14.8. The molecule has 0 spiro atoms. The van der Waals surface area contributed by atoms with Crippen LogP contribution in [0.3, 0.4) is 0 Å². The molecule has 1 aromatic heterocycles. The van der Waals surface area contributed by atoms with Gasteiger partial charge >= 0.3 is 5.69 Å². The van der Waals surface area contributed by atoms with E-state index >= 15 is 0 Å². The number of benzene rings is 3. The van der Waals surface area contributed by atoms with Gasteiger partial charge in [0, 0.05) is 49.3 Å². The highest BCUT2D eigenvalue weighted by Crippen LogP contribution is 2.41. The average Bonchev–Trinajstić information content (AvgIpc) is 3.18. The number of imidazole rings is 1. The third-order valence-corrected chi connectivity index (χ3v) is 6.61. The first kappa shape index (κ1) is 23.2. The van der Waals surface area contributed by atoms with Crippen LogP contribution in [0.25, 0.3) is 27.9 Å². The number of hydrogen-bond donors (Lipinski definition) is 1. The van der Waals surface area contributed by atoms with E-state index in [4.69, 9.17) is 16.3 Å². The van der Waals surface area contributed by atoms with Crippen molar-refractivity contribution in [2.24, 2.45) is 7.05 Å². The number of aromatic nitrogens is 2. The van der Waals surface area contributed by atoms with Crippen LogP contribution >= 0.6 is 11.6 Å². The lowest BCUT2D eigenvalue weighted by atomic mass is 9.96. The molecule has 0 bridgehead atoms. The standard InChI is InChI=1S/C27H25ClFN3O3/c1-17-16-31(10-11-35-17)21-5-3-4-18(12-21)22-14-20(29)15-23(26(22)33)19-6-7-25(24(28)13-19)32-9-8-30(2)27(32)34/h3-9,12-15,17,33H,10-11,16H2,1-2H3/t17-/m1/s1. The monoisotopic (exact) mass is 493 g/mol. The molecule has 180 valence electrons. The predicted molar refractivity (Wildman–Crippen MR) is 136 cm³/mol. The average molecular weight is 494 g/mol. The summed E-state index contributed by atoms with van der Waals surface area (Å²) in [6, 6.07) is 15.3. The Morgan fingerprint density at radius 2 is 1.80 bits per heavy atom. The van der Waals surface area contributed by atoms with Gasteiger partial charge in [-0.05, 0) is 54.4 Å². The lowest BCUT2D eigenvalue weighted by Gasteiger charge is -2.33. The fourth-order valence-electron chi connectivity index (χ4n) is 4.48. The van der Waals surface area contributed by atoms with Crippen LogP contribution in [0, 0.1) is 5.82 Å². The summed E-state index contributed by atoms with van der Waals surface area (Å²) in [5, 5.41) is 11.5. The quantitative estimate of drug-likeness (QED) is 0.423. The zero-order valence-electron chi connectivity index (χ0n) is 19.4. The van der Waals surface area contributed by atoms with Gasteiger partial charge in [-0.15, -0.1) is 0 Å². The summed E-state index contributed by atoms with van der Waals surface area (Å²) in [6.45, 7) is 4.21. The van der Waals surface area contributed by atoms with Gasteiger partial charge in [0.1, 0.15) is 11.6 Å². The van der Waals surface area contributed by atoms with Gasteiger partial charge in [0.25, 0.3) is 0 Å². The van der Waals surface area contributed by atoms with E-state index < -0.39 is 5.82 Å². The van der Waals surface area contributed by atoms with Crippen LogP contribution in [-0.2, 0) is 11.8 Å². The SMILES string of the molecule is C[C@@H]1CN(c2cccc(-c3cc(F)cc(-c4ccc(-n5ccn(C)c5=O)c(Cl)c4)c3O)c2)CCO1. The number of morpholine rings is 1. The number of hydrogen-bond acceptors (Lipinski definition) is 4. The van der Waals surface area contributed by atoms with E-state index in [1.165, 1.54) is 21.3 Å². The fraction of sp³-hybridized carbons (Fsp3) is 0.222. The smallest absolute Gasteiger partial charge is 0.332 e. The molecule has 1 saturated heterocycles. The number of rotatable bonds is 4. The van der Waals surface area contributed by atoms with Crippen molar-refractivity contribution in [1.29, 1.82) is 0 Å². The molecule has 2 heterocycles. The molecule has 0 amide bonds. The van der Waals surface area contributed by atoms with Gasteiger partial charge in [-0.3, -0.25) is 4.57 Å². The Kier molecular flexibility index (Phi) is 6.13. The Labute approximate surface area is 207 Å². The number of phenolic OH excluding ortho intramolecular Hbond substituents is 1. The summed E-state index contributed by atoms with van der Waals surface area (Å²) in [4.78, 5) is 14.5. The van der Waals surface area contributed by atoms with Crippen LogP contribution in [0.2, 0.25) is 5.02 Å². The molecule has 4 aromatic rings. The van der Waals surface area contributed by atoms with Crippen LogP contribution in [0.1, 0.15) is 6.92 Å². The van der Waals surface area contributed by atoms with Crippen molar-refractivity contribution in [2.75, 3.05) is 24.6 Å². The second-order valence-electron chi connectivity index (χ2n) is 8.76. The lowest BCUT2D eigenvalue weighted by molar-refractivity contribution is 0.0532. The maximum atomic E-state index is 14.8. The molecular formula is C27H25ClFN3O3. The number of nitrogens with zero attached hydrogens (tertiary/aromatic N) is 3. The van der Waals surface area contributed by atoms with E-state index in [0.717, 1.165) is 18.8 Å². The fourth-order valence-corrected chi connectivity index (χ4v) is 4.75. The number of phenols is 1. The van der Waals surface area contributed by atoms with Gasteiger partial charge in [-0.2, -0.15) is 0 Å². The Bertz CT molecular complexity index is 1460. The molecule has 0 aliphatic carbocycles. The van der Waals surface area contributed by atoms with E-state index in [-0.39, 0.29) is 17.5 Å². The highest BCUT2D eigenvalue weighted by Gasteiger charge is 2.19. The number of anilines is 1. The predicted octanol–water partition coefficient (Wildman–Crippen LogP) is 5.23. The van der Waals surface area contributed by atoms with Gasteiger partial charge < -0.3 is 19.3 Å². The van der Waals surface area contributed by atoms with Crippen LogP contribution in [0.15, 0.2) is 71.8 Å². The molecule has 8 heteroatoms. The first-order chi connectivity index (χ1) is 16.8. The van der Waals surface area contributed by atoms with Crippen molar-refractivity contribution in [1.82, 2.24) is 9.13 Å². The zero-order valence-corrected chi connectivity index (χ0v) is 20.2. The van der Waals surface area contributed by atoms with Crippen molar-refractivity contribution in [2.45, 2.75) is 13.0 Å². The molecule has 1 aliphatic heterocycles. The number of aryl methyl sites for hydroxylation is 1. The molecule has 1 fully saturated rings. The van der Waals surface area contributed by atoms with Crippen molar-refractivity contribution in [3.63, 3.8) is 0 Å². The van der Waals surface area contributed by atoms with Gasteiger partial charge in [0.05, 0.1) is 23.4 Å². The Balaban J connectivity index is 1.54. The summed E-state index contributed by atoms with van der Waals surface area (Å²) in [7, 11) is 1.65. The molecule has 35 heavy (non-hydrogen) atoms. The minimum absolute atomic E-state index is 0.0420. The molecule has 3 aromatic carbocycles. The minimum Gasteiger partial charge on any atom is -0.507 e. The van der Waals surface area contributed by atoms with Crippen molar-refractivity contribution >= 4 is 17.3 Å². The molecule has 1 atom stereocenters. The molecule has 6 nitrogen and oxygen atoms in total. The van der Waals surface area contributed by atoms with E-state index in [1.807, 2.05) is 31.2 Å². The Hall–Kier alpha value is -3.55. The van der Waals surface area contributed by atoms with E-state index in [1.54, 1.807) is 37.6 Å². The van der Waals surface area contributed by atoms with Crippen LogP contribution in [-0.4, -0.2) is 40.0 Å². The molecule has 0 radical (unpaired) electrons. The second kappa shape index (κ2) is 9.24. The van der Waals surface area contributed by atoms with Gasteiger partial charge in [0.15, 0.2) is 0 Å². The summed E-state index contributed by atoms with van der Waals surface area (Å²) in [6.07, 6.45) is 3.40. The highest BCUT2D eigenvalue weighted by atomic mass is 35.5. The first-order valence-corrected chi connectivity index (χ1v) is 11.7. The summed E-state index contributed by atoms with van der Waals surface area (Å²) in [5.74, 6) is -0.516. The topological polar surface area (TPSA) is 59.6 Å². The first-order valence-electron chi connectivity index (χ1n) is 11.4. The van der Waals surface area contributed by atoms with Crippen molar-refractivity contribution in [3.05, 3.63) is 88.3 Å². The molecule has 1 N–H and O–H groups in total. The molecule has 1 aliphatic rings. The summed E-state index contributed by atoms with van der Waals surface area (Å²) < 4.78 is 23.3. The minimum atomic E-state index is -0.474. The summed E-state index contributed by atoms with van der Waals surface area (Å²) >= 11 is 6.50. The number of ether oxygens (including phenoxy) is 1. The van der Waals surface area contributed by atoms with Crippen molar-refractivity contribution < 1.29 is 14.2 Å². The zero-order chi connectivity index (χ0) is 24.7. The Morgan fingerprint density at radius 1 is 1.06 bits per heavy atom. The van der Waals surface area contributed by atoms with Gasteiger partial charge in [-0.25, -0.2) is 9.18 Å². The highest BCUT2D eigenvalue weighted by molar-refractivity contribution is 6.32. The van der Waals surface area contributed by atoms with Crippen molar-refractivity contribution in [3.8, 4) is 33.7 Å². The van der Waals surface area contributed by atoms with Crippen LogP contribution < -0.4 is 10.6 Å². The third kappa shape index (κ3) is 4.45. The van der Waals surface area contributed by atoms with E-state index in [9.17, 15) is 14.3 Å². The third-order valence-electron chi connectivity index (χ3n) is 6.30. The maximum Gasteiger partial charge on any atom is 0.332 e. The second-order valence-corrected chi connectivity index (χ2v) is 9.16. The molecular weight excluding hydrogens is 469 g/mol. The van der Waals surface area contributed by atoms with Gasteiger partial charge in [0.2, 0.25) is 0 Å². The molecule has 0 saturated carbocycles. The molecule has 5 rings (SSSR count). The number of aromatic hydroxyl groups is 1. The van der Waals surface area contributed by atoms with Gasteiger partial charge in [-0.1, -0.05) is 29.8 Å². The van der Waals surface area contributed by atoms with Crippen LogP contribution in [0.4, 0.5) is 10.1 Å². The van der Waals surface area contributed by atoms with Crippen LogP contribution in [0.5, 0.6) is 5.75 Å². The Morgan fingerprint density at radius 3 is 2.46 bits per heavy atom. The van der Waals surface area contributed by atoms with E-state index in [0.29, 0.717) is 39.6 Å². The largest absolute Gasteiger partial charge is 0.507 e. The number of halogens is 2. The van der Waals surface area contributed by atoms with E-state index in [2.05, 4.69) is 4.90 Å². The lowest BCUT2D eigenvalue weighted by Crippen LogP contribution is -2.41.